The zero-order valence-electron chi connectivity index (χ0n) is 10.7. The Morgan fingerprint density at radius 3 is 2.71 bits per heavy atom. The van der Waals surface area contributed by atoms with E-state index in [1.54, 1.807) is 0 Å². The maximum atomic E-state index is 6.09. The van der Waals surface area contributed by atoms with Crippen molar-refractivity contribution in [3.05, 3.63) is 11.1 Å². The number of hydrogen-bond acceptors (Lipinski definition) is 2. The lowest BCUT2D eigenvalue weighted by Crippen LogP contribution is -2.12. The molecule has 1 aliphatic rings. The largest absolute Gasteiger partial charge is 0.302 e. The summed E-state index contributed by atoms with van der Waals surface area (Å²) in [5.41, 5.74) is 0. The lowest BCUT2D eigenvalue weighted by molar-refractivity contribution is 0.322. The molecule has 0 amide bonds. The molecule has 0 spiro atoms. The average Bonchev–Trinajstić information content (AvgIpc) is 2.70. The van der Waals surface area contributed by atoms with Crippen molar-refractivity contribution in [3.63, 3.8) is 0 Å². The first-order valence-electron chi connectivity index (χ1n) is 6.89. The maximum absolute atomic E-state index is 6.09. The summed E-state index contributed by atoms with van der Waals surface area (Å²) in [7, 11) is 0. The van der Waals surface area contributed by atoms with Crippen LogP contribution in [0.15, 0.2) is 0 Å². The van der Waals surface area contributed by atoms with Gasteiger partial charge in [-0.25, -0.2) is 0 Å². The monoisotopic (exact) mass is 255 g/mol. The molecule has 1 aromatic rings. The molecule has 1 saturated carbocycles. The Balaban J connectivity index is 1.90. The molecule has 1 aromatic heterocycles. The molecular weight excluding hydrogens is 234 g/mol. The van der Waals surface area contributed by atoms with E-state index in [9.17, 15) is 0 Å². The highest BCUT2D eigenvalue weighted by Gasteiger charge is 2.15. The Kier molecular flexibility index (Phi) is 4.84. The smallest absolute Gasteiger partial charge is 0.225 e. The lowest BCUT2D eigenvalue weighted by atomic mass is 9.87. The molecule has 96 valence electrons. The number of rotatable bonds is 5. The van der Waals surface area contributed by atoms with Gasteiger partial charge in [-0.15, -0.1) is 10.2 Å². The van der Waals surface area contributed by atoms with Crippen LogP contribution < -0.4 is 0 Å². The molecule has 0 radical (unpaired) electrons. The fourth-order valence-electron chi connectivity index (χ4n) is 2.73. The predicted octanol–water partition coefficient (Wildman–Crippen LogP) is 3.85. The third kappa shape index (κ3) is 3.44. The van der Waals surface area contributed by atoms with Crippen molar-refractivity contribution in [1.82, 2.24) is 14.8 Å². The second kappa shape index (κ2) is 6.39. The Morgan fingerprint density at radius 2 is 2.00 bits per heavy atom. The van der Waals surface area contributed by atoms with Crippen LogP contribution in [0.25, 0.3) is 0 Å². The van der Waals surface area contributed by atoms with Crippen LogP contribution in [0, 0.1) is 5.92 Å². The molecule has 0 atom stereocenters. The van der Waals surface area contributed by atoms with Gasteiger partial charge in [0.15, 0.2) is 0 Å². The normalized spacial score (nSPS) is 17.5. The van der Waals surface area contributed by atoms with Crippen molar-refractivity contribution in [1.29, 1.82) is 0 Å². The third-order valence-corrected chi connectivity index (χ3v) is 4.02. The molecule has 3 nitrogen and oxygen atoms in total. The second-order valence-corrected chi connectivity index (χ2v) is 5.42. The minimum absolute atomic E-state index is 0.559. The quantitative estimate of drug-likeness (QED) is 0.800. The van der Waals surface area contributed by atoms with E-state index in [-0.39, 0.29) is 0 Å². The van der Waals surface area contributed by atoms with Crippen molar-refractivity contribution < 1.29 is 0 Å². The van der Waals surface area contributed by atoms with Gasteiger partial charge in [0.2, 0.25) is 5.28 Å². The maximum Gasteiger partial charge on any atom is 0.225 e. The Labute approximate surface area is 109 Å². The topological polar surface area (TPSA) is 30.7 Å². The van der Waals surface area contributed by atoms with Gasteiger partial charge in [0, 0.05) is 13.0 Å². The van der Waals surface area contributed by atoms with Crippen molar-refractivity contribution in [2.75, 3.05) is 0 Å². The standard InChI is InChI=1S/C13H22ClN3/c1-2-6-12-15-16-13(14)17(12)10-9-11-7-4-3-5-8-11/h11H,2-10H2,1H3. The Bertz CT molecular complexity index is 342. The average molecular weight is 256 g/mol. The van der Waals surface area contributed by atoms with Crippen LogP contribution in [-0.4, -0.2) is 14.8 Å². The summed E-state index contributed by atoms with van der Waals surface area (Å²) in [5, 5.41) is 8.69. The number of hydrogen-bond donors (Lipinski definition) is 0. The van der Waals surface area contributed by atoms with E-state index < -0.39 is 0 Å². The minimum Gasteiger partial charge on any atom is -0.302 e. The fourth-order valence-corrected chi connectivity index (χ4v) is 2.95. The van der Waals surface area contributed by atoms with Crippen LogP contribution in [0.2, 0.25) is 5.28 Å². The van der Waals surface area contributed by atoms with E-state index in [0.29, 0.717) is 5.28 Å². The van der Waals surface area contributed by atoms with Crippen LogP contribution in [0.1, 0.15) is 57.7 Å². The molecule has 0 aromatic carbocycles. The van der Waals surface area contributed by atoms with Gasteiger partial charge in [0.05, 0.1) is 0 Å². The third-order valence-electron chi connectivity index (χ3n) is 3.74. The number of nitrogens with zero attached hydrogens (tertiary/aromatic N) is 3. The molecule has 0 unspecified atom stereocenters. The van der Waals surface area contributed by atoms with Crippen LogP contribution in [-0.2, 0) is 13.0 Å². The van der Waals surface area contributed by atoms with Crippen molar-refractivity contribution in [3.8, 4) is 0 Å². The van der Waals surface area contributed by atoms with Crippen molar-refractivity contribution in [2.24, 2.45) is 5.92 Å². The highest BCUT2D eigenvalue weighted by atomic mass is 35.5. The predicted molar refractivity (Wildman–Crippen MR) is 70.2 cm³/mol. The van der Waals surface area contributed by atoms with Gasteiger partial charge < -0.3 is 4.57 Å². The van der Waals surface area contributed by atoms with Crippen LogP contribution in [0.5, 0.6) is 0 Å². The van der Waals surface area contributed by atoms with Gasteiger partial charge >= 0.3 is 0 Å². The second-order valence-electron chi connectivity index (χ2n) is 5.08. The molecule has 4 heteroatoms. The van der Waals surface area contributed by atoms with Crippen molar-refractivity contribution >= 4 is 11.6 Å². The Hall–Kier alpha value is -0.570. The molecule has 17 heavy (non-hydrogen) atoms. The first-order chi connectivity index (χ1) is 8.31. The number of aryl methyl sites for hydroxylation is 1. The van der Waals surface area contributed by atoms with E-state index in [0.717, 1.165) is 31.1 Å². The van der Waals surface area contributed by atoms with Gasteiger partial charge in [-0.05, 0) is 30.4 Å². The summed E-state index contributed by atoms with van der Waals surface area (Å²) in [4.78, 5) is 0. The number of aromatic nitrogens is 3. The van der Waals surface area contributed by atoms with Crippen LogP contribution in [0.4, 0.5) is 0 Å². The minimum atomic E-state index is 0.559. The van der Waals surface area contributed by atoms with Gasteiger partial charge in [-0.3, -0.25) is 0 Å². The van der Waals surface area contributed by atoms with Gasteiger partial charge in [-0.1, -0.05) is 39.0 Å². The Morgan fingerprint density at radius 1 is 1.24 bits per heavy atom. The highest BCUT2D eigenvalue weighted by molar-refractivity contribution is 6.28. The lowest BCUT2D eigenvalue weighted by Gasteiger charge is -2.21. The summed E-state index contributed by atoms with van der Waals surface area (Å²) in [6.07, 6.45) is 10.3. The molecule has 1 heterocycles. The summed E-state index contributed by atoms with van der Waals surface area (Å²) < 4.78 is 2.10. The molecule has 0 N–H and O–H groups in total. The summed E-state index contributed by atoms with van der Waals surface area (Å²) in [6, 6.07) is 0. The van der Waals surface area contributed by atoms with E-state index in [1.165, 1.54) is 38.5 Å². The van der Waals surface area contributed by atoms with Crippen molar-refractivity contribution in [2.45, 2.75) is 64.8 Å². The molecule has 0 aliphatic heterocycles. The van der Waals surface area contributed by atoms with Gasteiger partial charge in [0.25, 0.3) is 0 Å². The van der Waals surface area contributed by atoms with E-state index >= 15 is 0 Å². The molecule has 2 rings (SSSR count). The molecule has 0 bridgehead atoms. The number of halogens is 1. The van der Waals surface area contributed by atoms with Gasteiger partial charge in [-0.2, -0.15) is 0 Å². The molecular formula is C13H22ClN3. The van der Waals surface area contributed by atoms with E-state index in [1.807, 2.05) is 0 Å². The van der Waals surface area contributed by atoms with Crippen LogP contribution in [0.3, 0.4) is 0 Å². The summed E-state index contributed by atoms with van der Waals surface area (Å²) in [5.74, 6) is 1.94. The summed E-state index contributed by atoms with van der Waals surface area (Å²) >= 11 is 6.09. The van der Waals surface area contributed by atoms with E-state index in [2.05, 4.69) is 21.7 Å². The zero-order valence-corrected chi connectivity index (χ0v) is 11.4. The first kappa shape index (κ1) is 12.9. The summed E-state index contributed by atoms with van der Waals surface area (Å²) in [6.45, 7) is 3.15. The highest BCUT2D eigenvalue weighted by Crippen LogP contribution is 2.27. The zero-order chi connectivity index (χ0) is 12.1. The molecule has 1 fully saturated rings. The van der Waals surface area contributed by atoms with Crippen LogP contribution >= 0.6 is 11.6 Å². The van der Waals surface area contributed by atoms with E-state index in [4.69, 9.17) is 11.6 Å². The first-order valence-corrected chi connectivity index (χ1v) is 7.26. The molecule has 0 saturated heterocycles. The fraction of sp³-hybridized carbons (Fsp3) is 0.846. The SMILES string of the molecule is CCCc1nnc(Cl)n1CCC1CCCCC1. The molecule has 1 aliphatic carbocycles. The van der Waals surface area contributed by atoms with Gasteiger partial charge in [0.1, 0.15) is 5.82 Å².